The summed E-state index contributed by atoms with van der Waals surface area (Å²) in [5.74, 6) is 0. The molecule has 2 aliphatic carbocycles. The van der Waals surface area contributed by atoms with Gasteiger partial charge >= 0.3 is 17.1 Å². The monoisotopic (exact) mass is 500 g/mol. The van der Waals surface area contributed by atoms with Crippen LogP contribution in [0.4, 0.5) is 0 Å². The number of nitrogens with zero attached hydrogens (tertiary/aromatic N) is 3. The Hall–Kier alpha value is -0.121. The second kappa shape index (κ2) is 15.6. The third-order valence-corrected chi connectivity index (χ3v) is 5.61. The molecule has 2 saturated carbocycles. The van der Waals surface area contributed by atoms with Crippen molar-refractivity contribution in [2.75, 3.05) is 0 Å². The summed E-state index contributed by atoms with van der Waals surface area (Å²) in [7, 11) is 0. The van der Waals surface area contributed by atoms with E-state index in [0.717, 1.165) is 22.8 Å². The van der Waals surface area contributed by atoms with Crippen LogP contribution in [0.15, 0.2) is 22.1 Å². The van der Waals surface area contributed by atoms with E-state index in [1.165, 1.54) is 69.8 Å². The molecule has 1 heterocycles. The third-order valence-electron chi connectivity index (χ3n) is 5.61. The van der Waals surface area contributed by atoms with Crippen molar-refractivity contribution in [3.63, 3.8) is 0 Å². The van der Waals surface area contributed by atoms with Crippen molar-refractivity contribution in [1.29, 1.82) is 0 Å². The van der Waals surface area contributed by atoms with Crippen molar-refractivity contribution in [3.8, 4) is 0 Å². The molecule has 0 saturated heterocycles. The summed E-state index contributed by atoms with van der Waals surface area (Å²) in [4.78, 5) is 14.9. The minimum absolute atomic E-state index is 0. The molecule has 0 N–H and O–H groups in total. The Balaban J connectivity index is 0. The molecule has 2 aliphatic rings. The number of rotatable bonds is 4. The Morgan fingerprint density at radius 2 is 1.07 bits per heavy atom. The average molecular weight is 502 g/mol. The van der Waals surface area contributed by atoms with E-state index in [2.05, 4.69) is 32.9 Å². The Morgan fingerprint density at radius 3 is 1.41 bits per heavy atom. The van der Waals surface area contributed by atoms with Crippen molar-refractivity contribution >= 4 is 11.4 Å². The molecule has 3 nitrogen and oxygen atoms in total. The zero-order valence-corrected chi connectivity index (χ0v) is 21.1. The molecular weight excluding hydrogens is 468 g/mol. The molecule has 0 amide bonds. The van der Waals surface area contributed by atoms with Gasteiger partial charge in [0.05, 0.1) is 34.9 Å². The molecule has 29 heavy (non-hydrogen) atoms. The Bertz CT molecular complexity index is 600. The van der Waals surface area contributed by atoms with Crippen molar-refractivity contribution in [2.45, 2.75) is 97.1 Å². The van der Waals surface area contributed by atoms with Crippen LogP contribution in [0.5, 0.6) is 0 Å². The summed E-state index contributed by atoms with van der Waals surface area (Å²) < 4.78 is 0. The van der Waals surface area contributed by atoms with Gasteiger partial charge in [0.25, 0.3) is 0 Å². The van der Waals surface area contributed by atoms with Gasteiger partial charge in [-0.2, -0.15) is 0 Å². The second-order valence-corrected chi connectivity index (χ2v) is 7.93. The van der Waals surface area contributed by atoms with Crippen LogP contribution in [0.1, 0.15) is 95.0 Å². The molecule has 165 valence electrons. The smallest absolute Gasteiger partial charge is 1.00 e. The van der Waals surface area contributed by atoms with Crippen molar-refractivity contribution < 1.29 is 54.3 Å². The van der Waals surface area contributed by atoms with E-state index in [1.807, 2.05) is 0 Å². The number of aromatic nitrogens is 1. The number of aryl methyl sites for hydroxylation is 1. The average Bonchev–Trinajstić information content (AvgIpc) is 2.63. The van der Waals surface area contributed by atoms with Gasteiger partial charge in [0.2, 0.25) is 0 Å². The van der Waals surface area contributed by atoms with Crippen molar-refractivity contribution in [1.82, 2.24) is 4.98 Å². The Labute approximate surface area is 206 Å². The predicted molar refractivity (Wildman–Crippen MR) is 107 cm³/mol. The van der Waals surface area contributed by atoms with E-state index in [-0.39, 0.29) is 54.3 Å². The minimum atomic E-state index is 0. The van der Waals surface area contributed by atoms with Gasteiger partial charge in [-0.1, -0.05) is 38.5 Å². The Kier molecular flexibility index (Phi) is 16.8. The zero-order valence-electron chi connectivity index (χ0n) is 17.7. The molecule has 1 aromatic rings. The molecule has 0 aliphatic heterocycles. The van der Waals surface area contributed by atoms with E-state index >= 15 is 0 Å². The SMILES string of the molecule is CC(=NC1CCCCC1)c1cc(C)cc(C(C)=NC2CCCCC2)n1.[Cl-].[Cl-].[Cl-].[Fe+3]. The van der Waals surface area contributed by atoms with E-state index in [9.17, 15) is 0 Å². The maximum absolute atomic E-state index is 4.98. The normalized spacial score (nSPS) is 18.6. The second-order valence-electron chi connectivity index (χ2n) is 7.93. The van der Waals surface area contributed by atoms with Crippen LogP contribution >= 0.6 is 0 Å². The predicted octanol–water partition coefficient (Wildman–Crippen LogP) is -3.32. The standard InChI is InChI=1S/C22H33N3.3ClH.Fe/c1-16-14-21(17(2)23-19-10-6-4-7-11-19)25-22(15-16)18(3)24-20-12-8-5-9-13-20;;;;/h14-15,19-20H,4-13H2,1-3H3;3*1H;/q;;;;+3/p-3. The van der Waals surface area contributed by atoms with Crippen LogP contribution in [0.2, 0.25) is 0 Å². The first-order valence-electron chi connectivity index (χ1n) is 10.2. The molecule has 7 heteroatoms. The summed E-state index contributed by atoms with van der Waals surface area (Å²) >= 11 is 0. The topological polar surface area (TPSA) is 37.6 Å². The zero-order chi connectivity index (χ0) is 17.6. The molecule has 2 fully saturated rings. The van der Waals surface area contributed by atoms with Crippen LogP contribution in [0.25, 0.3) is 0 Å². The molecule has 0 spiro atoms. The fourth-order valence-corrected chi connectivity index (χ4v) is 4.14. The van der Waals surface area contributed by atoms with Crippen LogP contribution in [0, 0.1) is 6.92 Å². The molecule has 3 rings (SSSR count). The molecular formula is C22H33Cl3FeN3. The van der Waals surface area contributed by atoms with Crippen LogP contribution in [-0.2, 0) is 17.1 Å². The number of hydrogen-bond acceptors (Lipinski definition) is 3. The van der Waals surface area contributed by atoms with E-state index in [0.29, 0.717) is 12.1 Å². The van der Waals surface area contributed by atoms with E-state index in [1.54, 1.807) is 0 Å². The van der Waals surface area contributed by atoms with Crippen molar-refractivity contribution in [2.24, 2.45) is 9.98 Å². The number of hydrogen-bond donors (Lipinski definition) is 0. The van der Waals surface area contributed by atoms with Gasteiger partial charge in [-0.15, -0.1) is 0 Å². The van der Waals surface area contributed by atoms with Crippen molar-refractivity contribution in [3.05, 3.63) is 29.1 Å². The van der Waals surface area contributed by atoms with Crippen LogP contribution in [-0.4, -0.2) is 28.5 Å². The molecule has 1 radical (unpaired) electrons. The maximum atomic E-state index is 4.98. The van der Waals surface area contributed by atoms with Gasteiger partial charge in [-0.3, -0.25) is 9.98 Å². The van der Waals surface area contributed by atoms with Gasteiger partial charge in [0.15, 0.2) is 0 Å². The summed E-state index contributed by atoms with van der Waals surface area (Å²) in [6.45, 7) is 6.39. The van der Waals surface area contributed by atoms with E-state index < -0.39 is 0 Å². The van der Waals surface area contributed by atoms with E-state index in [4.69, 9.17) is 15.0 Å². The maximum Gasteiger partial charge on any atom is 3.00 e. The van der Waals surface area contributed by atoms with Gasteiger partial charge in [0.1, 0.15) is 0 Å². The summed E-state index contributed by atoms with van der Waals surface area (Å²) in [6.07, 6.45) is 13.0. The fourth-order valence-electron chi connectivity index (χ4n) is 4.14. The molecule has 0 aromatic carbocycles. The minimum Gasteiger partial charge on any atom is -1.00 e. The molecule has 0 unspecified atom stereocenters. The van der Waals surface area contributed by atoms with Gasteiger partial charge in [0, 0.05) is 0 Å². The third kappa shape index (κ3) is 9.70. The first kappa shape index (κ1) is 31.1. The summed E-state index contributed by atoms with van der Waals surface area (Å²) in [5, 5.41) is 0. The van der Waals surface area contributed by atoms with Gasteiger partial charge in [-0.25, -0.2) is 4.98 Å². The fraction of sp³-hybridized carbons (Fsp3) is 0.682. The first-order chi connectivity index (χ1) is 12.1. The van der Waals surface area contributed by atoms with Gasteiger partial charge < -0.3 is 37.2 Å². The molecule has 0 atom stereocenters. The molecule has 1 aromatic heterocycles. The number of aliphatic imine (C=N–C) groups is 2. The first-order valence-corrected chi connectivity index (χ1v) is 10.2. The van der Waals surface area contributed by atoms with Gasteiger partial charge in [-0.05, 0) is 64.2 Å². The Morgan fingerprint density at radius 1 is 0.724 bits per heavy atom. The van der Waals surface area contributed by atoms with Crippen LogP contribution < -0.4 is 37.2 Å². The quantitative estimate of drug-likeness (QED) is 0.315. The summed E-state index contributed by atoms with van der Waals surface area (Å²) in [6, 6.07) is 5.32. The summed E-state index contributed by atoms with van der Waals surface area (Å²) in [5.41, 5.74) is 5.47. The largest absolute Gasteiger partial charge is 3.00 e. The number of halogens is 3. The molecule has 0 bridgehead atoms. The van der Waals surface area contributed by atoms with Crippen LogP contribution in [0.3, 0.4) is 0 Å². The number of pyridine rings is 1.